The first-order chi connectivity index (χ1) is 7.62. The third kappa shape index (κ3) is 3.36. The van der Waals surface area contributed by atoms with E-state index in [9.17, 15) is 4.79 Å². The van der Waals surface area contributed by atoms with Crippen LogP contribution in [0.25, 0.3) is 0 Å². The molecule has 2 unspecified atom stereocenters. The van der Waals surface area contributed by atoms with E-state index in [1.807, 2.05) is 11.8 Å². The van der Waals surface area contributed by atoms with Crippen LogP contribution < -0.4 is 0 Å². The van der Waals surface area contributed by atoms with Crippen molar-refractivity contribution in [3.8, 4) is 0 Å². The van der Waals surface area contributed by atoms with E-state index < -0.39 is 0 Å². The molecule has 0 aromatic heterocycles. The molecule has 94 valence electrons. The molecule has 1 aliphatic heterocycles. The number of morpholine rings is 1. The van der Waals surface area contributed by atoms with Gasteiger partial charge in [-0.2, -0.15) is 0 Å². The van der Waals surface area contributed by atoms with Crippen LogP contribution in [0.5, 0.6) is 0 Å². The maximum Gasteiger partial charge on any atom is 0.225 e. The second-order valence-electron chi connectivity index (χ2n) is 4.48. The van der Waals surface area contributed by atoms with Crippen LogP contribution >= 0.6 is 11.6 Å². The fourth-order valence-corrected chi connectivity index (χ4v) is 2.38. The van der Waals surface area contributed by atoms with Crippen molar-refractivity contribution in [2.75, 3.05) is 19.0 Å². The predicted octanol–water partition coefficient (Wildman–Crippen LogP) is 2.28. The molecular weight excluding hydrogens is 226 g/mol. The van der Waals surface area contributed by atoms with E-state index in [-0.39, 0.29) is 24.0 Å². The molecule has 1 aliphatic rings. The number of alkyl halides is 1. The molecule has 2 atom stereocenters. The molecule has 0 aromatic rings. The normalized spacial score (nSPS) is 26.2. The minimum absolute atomic E-state index is 0.0104. The van der Waals surface area contributed by atoms with Crippen molar-refractivity contribution in [2.45, 2.75) is 45.8 Å². The third-order valence-electron chi connectivity index (χ3n) is 3.14. The first-order valence-corrected chi connectivity index (χ1v) is 6.65. The van der Waals surface area contributed by atoms with Gasteiger partial charge in [-0.3, -0.25) is 4.79 Å². The Morgan fingerprint density at radius 3 is 2.56 bits per heavy atom. The van der Waals surface area contributed by atoms with E-state index in [2.05, 4.69) is 13.8 Å². The molecule has 0 aliphatic carbocycles. The Kier molecular flexibility index (Phi) is 5.56. The summed E-state index contributed by atoms with van der Waals surface area (Å²) in [5.74, 6) is 0.869. The lowest BCUT2D eigenvalue weighted by Crippen LogP contribution is -2.51. The van der Waals surface area contributed by atoms with Gasteiger partial charge in [-0.1, -0.05) is 13.8 Å². The van der Waals surface area contributed by atoms with E-state index in [0.29, 0.717) is 19.0 Å². The number of rotatable bonds is 4. The van der Waals surface area contributed by atoms with Crippen LogP contribution in [0.15, 0.2) is 0 Å². The summed E-state index contributed by atoms with van der Waals surface area (Å²) in [5.41, 5.74) is 0. The maximum atomic E-state index is 12.2. The zero-order valence-electron chi connectivity index (χ0n) is 10.4. The van der Waals surface area contributed by atoms with Gasteiger partial charge in [-0.05, 0) is 19.8 Å². The Balaban J connectivity index is 2.60. The van der Waals surface area contributed by atoms with Gasteiger partial charge in [-0.25, -0.2) is 0 Å². The number of hydrogen-bond donors (Lipinski definition) is 0. The summed E-state index contributed by atoms with van der Waals surface area (Å²) in [6.07, 6.45) is 1.90. The Morgan fingerprint density at radius 2 is 2.06 bits per heavy atom. The summed E-state index contributed by atoms with van der Waals surface area (Å²) in [6, 6.07) is 0. The summed E-state index contributed by atoms with van der Waals surface area (Å²) >= 11 is 5.80. The average molecular weight is 248 g/mol. The van der Waals surface area contributed by atoms with Gasteiger partial charge in [0, 0.05) is 19.0 Å². The van der Waals surface area contributed by atoms with Crippen LogP contribution in [-0.2, 0) is 9.53 Å². The summed E-state index contributed by atoms with van der Waals surface area (Å²) in [6.45, 7) is 7.46. The molecule has 16 heavy (non-hydrogen) atoms. The number of nitrogens with zero attached hydrogens (tertiary/aromatic N) is 1. The predicted molar refractivity (Wildman–Crippen MR) is 65.7 cm³/mol. The monoisotopic (exact) mass is 247 g/mol. The summed E-state index contributed by atoms with van der Waals surface area (Å²) < 4.78 is 5.64. The van der Waals surface area contributed by atoms with E-state index >= 15 is 0 Å². The first-order valence-electron chi connectivity index (χ1n) is 6.12. The van der Waals surface area contributed by atoms with Crippen LogP contribution in [-0.4, -0.2) is 42.0 Å². The van der Waals surface area contributed by atoms with Gasteiger partial charge in [0.1, 0.15) is 0 Å². The zero-order valence-corrected chi connectivity index (χ0v) is 11.2. The van der Waals surface area contributed by atoms with Crippen molar-refractivity contribution in [3.05, 3.63) is 0 Å². The van der Waals surface area contributed by atoms with Crippen molar-refractivity contribution >= 4 is 17.5 Å². The number of carbonyl (C=O) groups excluding carboxylic acids is 1. The number of halogens is 1. The van der Waals surface area contributed by atoms with Gasteiger partial charge in [-0.15, -0.1) is 11.6 Å². The fraction of sp³-hybridized carbons (Fsp3) is 0.917. The van der Waals surface area contributed by atoms with Gasteiger partial charge in [0.2, 0.25) is 5.91 Å². The lowest BCUT2D eigenvalue weighted by atomic mass is 10.0. The van der Waals surface area contributed by atoms with E-state index in [4.69, 9.17) is 16.3 Å². The van der Waals surface area contributed by atoms with Crippen LogP contribution in [0, 0.1) is 5.92 Å². The van der Waals surface area contributed by atoms with E-state index in [1.165, 1.54) is 0 Å². The SMILES string of the molecule is CCC(CC)C(=O)N1CC(C)OC(CCl)C1. The van der Waals surface area contributed by atoms with Gasteiger partial charge in [0.15, 0.2) is 0 Å². The van der Waals surface area contributed by atoms with Gasteiger partial charge in [0.25, 0.3) is 0 Å². The minimum atomic E-state index is -0.0104. The van der Waals surface area contributed by atoms with Crippen molar-refractivity contribution in [1.82, 2.24) is 4.90 Å². The fourth-order valence-electron chi connectivity index (χ4n) is 2.21. The molecule has 4 heteroatoms. The minimum Gasteiger partial charge on any atom is -0.370 e. The van der Waals surface area contributed by atoms with Gasteiger partial charge >= 0.3 is 0 Å². The zero-order chi connectivity index (χ0) is 12.1. The lowest BCUT2D eigenvalue weighted by Gasteiger charge is -2.37. The topological polar surface area (TPSA) is 29.5 Å². The molecule has 1 saturated heterocycles. The third-order valence-corrected chi connectivity index (χ3v) is 3.49. The van der Waals surface area contributed by atoms with E-state index in [1.54, 1.807) is 0 Å². The molecule has 1 amide bonds. The number of hydrogen-bond acceptors (Lipinski definition) is 2. The van der Waals surface area contributed by atoms with Crippen molar-refractivity contribution < 1.29 is 9.53 Å². The molecule has 0 saturated carbocycles. The largest absolute Gasteiger partial charge is 0.370 e. The van der Waals surface area contributed by atoms with Crippen molar-refractivity contribution in [1.29, 1.82) is 0 Å². The average Bonchev–Trinajstić information content (AvgIpc) is 2.29. The molecule has 0 bridgehead atoms. The molecule has 3 nitrogen and oxygen atoms in total. The summed E-state index contributed by atoms with van der Waals surface area (Å²) in [4.78, 5) is 14.1. The molecule has 1 heterocycles. The Labute approximate surface area is 103 Å². The molecule has 0 radical (unpaired) electrons. The van der Waals surface area contributed by atoms with Crippen LogP contribution in [0.2, 0.25) is 0 Å². The maximum absolute atomic E-state index is 12.2. The quantitative estimate of drug-likeness (QED) is 0.714. The molecular formula is C12H22ClNO2. The molecule has 1 rings (SSSR count). The first kappa shape index (κ1) is 13.8. The Bertz CT molecular complexity index is 231. The summed E-state index contributed by atoms with van der Waals surface area (Å²) in [5, 5.41) is 0. The standard InChI is InChI=1S/C12H22ClNO2/c1-4-10(5-2)12(15)14-7-9(3)16-11(6-13)8-14/h9-11H,4-8H2,1-3H3. The molecule has 0 N–H and O–H groups in total. The number of amides is 1. The van der Waals surface area contributed by atoms with Crippen LogP contribution in [0.1, 0.15) is 33.6 Å². The second-order valence-corrected chi connectivity index (χ2v) is 4.79. The Hall–Kier alpha value is -0.280. The smallest absolute Gasteiger partial charge is 0.225 e. The highest BCUT2D eigenvalue weighted by Gasteiger charge is 2.30. The number of ether oxygens (including phenoxy) is 1. The summed E-state index contributed by atoms with van der Waals surface area (Å²) in [7, 11) is 0. The van der Waals surface area contributed by atoms with Crippen LogP contribution in [0.4, 0.5) is 0 Å². The van der Waals surface area contributed by atoms with Crippen molar-refractivity contribution in [3.63, 3.8) is 0 Å². The highest BCUT2D eigenvalue weighted by Crippen LogP contribution is 2.18. The van der Waals surface area contributed by atoms with Crippen molar-refractivity contribution in [2.24, 2.45) is 5.92 Å². The lowest BCUT2D eigenvalue weighted by molar-refractivity contribution is -0.147. The second kappa shape index (κ2) is 6.45. The van der Waals surface area contributed by atoms with E-state index in [0.717, 1.165) is 12.8 Å². The molecule has 0 aromatic carbocycles. The highest BCUT2D eigenvalue weighted by molar-refractivity contribution is 6.18. The highest BCUT2D eigenvalue weighted by atomic mass is 35.5. The number of carbonyl (C=O) groups is 1. The van der Waals surface area contributed by atoms with Crippen LogP contribution in [0.3, 0.4) is 0 Å². The van der Waals surface area contributed by atoms with Gasteiger partial charge < -0.3 is 9.64 Å². The Morgan fingerprint density at radius 1 is 1.44 bits per heavy atom. The molecule has 1 fully saturated rings. The van der Waals surface area contributed by atoms with Gasteiger partial charge in [0.05, 0.1) is 18.1 Å². The molecule has 0 spiro atoms.